The summed E-state index contributed by atoms with van der Waals surface area (Å²) < 4.78 is 5.39. The fourth-order valence-corrected chi connectivity index (χ4v) is 1.62. The molecule has 2 rings (SSSR count). The highest BCUT2D eigenvalue weighted by atomic mass is 16.5. The van der Waals surface area contributed by atoms with Gasteiger partial charge in [-0.1, -0.05) is 42.5 Å². The highest BCUT2D eigenvalue weighted by Crippen LogP contribution is 2.06. The minimum Gasteiger partial charge on any atom is -0.478 e. The third kappa shape index (κ3) is 4.00. The average Bonchev–Trinajstić information content (AvgIpc) is 2.48. The fourth-order valence-electron chi connectivity index (χ4n) is 1.62. The van der Waals surface area contributed by atoms with Crippen molar-refractivity contribution < 1.29 is 14.6 Å². The largest absolute Gasteiger partial charge is 0.478 e. The van der Waals surface area contributed by atoms with Crippen molar-refractivity contribution in [3.8, 4) is 0 Å². The van der Waals surface area contributed by atoms with Crippen molar-refractivity contribution in [3.05, 3.63) is 65.8 Å². The van der Waals surface area contributed by atoms with Gasteiger partial charge in [-0.15, -0.1) is 0 Å². The van der Waals surface area contributed by atoms with Crippen LogP contribution in [0.15, 0.2) is 48.9 Å². The van der Waals surface area contributed by atoms with Crippen molar-refractivity contribution in [2.45, 2.75) is 6.61 Å². The zero-order chi connectivity index (χ0) is 14.2. The van der Waals surface area contributed by atoms with Gasteiger partial charge in [-0.25, -0.2) is 14.8 Å². The Morgan fingerprint density at radius 2 is 2.10 bits per heavy atom. The first-order chi connectivity index (χ1) is 9.77. The topological polar surface area (TPSA) is 72.3 Å². The second kappa shape index (κ2) is 7.16. The van der Waals surface area contributed by atoms with Gasteiger partial charge in [-0.05, 0) is 5.56 Å². The molecule has 20 heavy (non-hydrogen) atoms. The molecule has 1 heterocycles. The number of rotatable bonds is 6. The highest BCUT2D eigenvalue weighted by Gasteiger charge is 2.10. The lowest BCUT2D eigenvalue weighted by atomic mass is 10.2. The van der Waals surface area contributed by atoms with Crippen LogP contribution < -0.4 is 0 Å². The van der Waals surface area contributed by atoms with E-state index in [4.69, 9.17) is 9.84 Å². The van der Waals surface area contributed by atoms with Gasteiger partial charge in [0.05, 0.1) is 18.9 Å². The Bertz CT molecular complexity index is 597. The predicted octanol–water partition coefficient (Wildman–Crippen LogP) is 2.40. The number of aromatic carboxylic acids is 1. The number of hydrogen-bond donors (Lipinski definition) is 1. The van der Waals surface area contributed by atoms with E-state index in [1.54, 1.807) is 0 Å². The molecule has 0 aliphatic rings. The molecule has 0 saturated heterocycles. The molecule has 2 aromatic rings. The van der Waals surface area contributed by atoms with Crippen molar-refractivity contribution in [3.63, 3.8) is 0 Å². The summed E-state index contributed by atoms with van der Waals surface area (Å²) in [5.74, 6) is -1.05. The first-order valence-electron chi connectivity index (χ1n) is 6.09. The van der Waals surface area contributed by atoms with E-state index >= 15 is 0 Å². The summed E-state index contributed by atoms with van der Waals surface area (Å²) in [4.78, 5) is 18.5. The summed E-state index contributed by atoms with van der Waals surface area (Å²) in [6.07, 6.45) is 6.40. The van der Waals surface area contributed by atoms with Crippen LogP contribution in [0.3, 0.4) is 0 Å². The first-order valence-corrected chi connectivity index (χ1v) is 6.09. The molecule has 1 aromatic heterocycles. The van der Waals surface area contributed by atoms with Gasteiger partial charge in [-0.2, -0.15) is 0 Å². The molecule has 0 aliphatic carbocycles. The number of carboxylic acids is 1. The predicted molar refractivity (Wildman–Crippen MR) is 74.1 cm³/mol. The van der Waals surface area contributed by atoms with Crippen LogP contribution >= 0.6 is 0 Å². The van der Waals surface area contributed by atoms with Crippen molar-refractivity contribution in [2.75, 3.05) is 6.61 Å². The van der Waals surface area contributed by atoms with E-state index in [1.165, 1.54) is 12.5 Å². The number of carbonyl (C=O) groups is 1. The van der Waals surface area contributed by atoms with E-state index in [2.05, 4.69) is 9.97 Å². The Morgan fingerprint density at radius 3 is 2.85 bits per heavy atom. The SMILES string of the molecule is O=C(O)c1cncnc1COC/C=C/c1ccccc1. The maximum Gasteiger partial charge on any atom is 0.339 e. The minimum absolute atomic E-state index is 0.0690. The average molecular weight is 270 g/mol. The summed E-state index contributed by atoms with van der Waals surface area (Å²) in [7, 11) is 0. The molecule has 0 amide bonds. The summed E-state index contributed by atoms with van der Waals surface area (Å²) in [6, 6.07) is 9.85. The van der Waals surface area contributed by atoms with E-state index in [-0.39, 0.29) is 12.2 Å². The van der Waals surface area contributed by atoms with Crippen LogP contribution in [0.1, 0.15) is 21.6 Å². The van der Waals surface area contributed by atoms with Gasteiger partial charge in [0.15, 0.2) is 0 Å². The second-order valence-corrected chi connectivity index (χ2v) is 4.02. The van der Waals surface area contributed by atoms with Crippen molar-refractivity contribution >= 4 is 12.0 Å². The van der Waals surface area contributed by atoms with Crippen LogP contribution in [0, 0.1) is 0 Å². The molecule has 1 aromatic carbocycles. The van der Waals surface area contributed by atoms with E-state index in [9.17, 15) is 4.79 Å². The standard InChI is InChI=1S/C15H14N2O3/c18-15(19)13-9-16-11-17-14(13)10-20-8-4-7-12-5-2-1-3-6-12/h1-7,9,11H,8,10H2,(H,18,19)/b7-4+. The molecule has 0 saturated carbocycles. The highest BCUT2D eigenvalue weighted by molar-refractivity contribution is 5.88. The smallest absolute Gasteiger partial charge is 0.339 e. The van der Waals surface area contributed by atoms with E-state index in [0.717, 1.165) is 5.56 Å². The van der Waals surface area contributed by atoms with Crippen molar-refractivity contribution in [2.24, 2.45) is 0 Å². The third-order valence-electron chi connectivity index (χ3n) is 2.59. The number of benzene rings is 1. The summed E-state index contributed by atoms with van der Waals surface area (Å²) in [6.45, 7) is 0.529. The van der Waals surface area contributed by atoms with Crippen LogP contribution in [0.5, 0.6) is 0 Å². The number of aromatic nitrogens is 2. The van der Waals surface area contributed by atoms with Gasteiger partial charge >= 0.3 is 5.97 Å². The second-order valence-electron chi connectivity index (χ2n) is 4.02. The molecule has 1 N–H and O–H groups in total. The lowest BCUT2D eigenvalue weighted by Gasteiger charge is -2.03. The molecule has 0 atom stereocenters. The fraction of sp³-hybridized carbons (Fsp3) is 0.133. The van der Waals surface area contributed by atoms with E-state index in [0.29, 0.717) is 12.3 Å². The van der Waals surface area contributed by atoms with Crippen LogP contribution in [0.4, 0.5) is 0 Å². The first kappa shape index (κ1) is 13.9. The summed E-state index contributed by atoms with van der Waals surface area (Å²) in [5, 5.41) is 8.97. The van der Waals surface area contributed by atoms with Crippen molar-refractivity contribution in [1.29, 1.82) is 0 Å². The van der Waals surface area contributed by atoms with Crippen LogP contribution in [0.25, 0.3) is 6.08 Å². The molecule has 0 aliphatic heterocycles. The molecule has 102 valence electrons. The Kier molecular flexibility index (Phi) is 4.97. The number of ether oxygens (including phenoxy) is 1. The number of carboxylic acid groups (broad SMARTS) is 1. The van der Waals surface area contributed by atoms with Gasteiger partial charge < -0.3 is 9.84 Å². The summed E-state index contributed by atoms with van der Waals surface area (Å²) >= 11 is 0. The molecule has 5 nitrogen and oxygen atoms in total. The normalized spacial score (nSPS) is 10.8. The maximum absolute atomic E-state index is 10.9. The minimum atomic E-state index is -1.05. The molecular formula is C15H14N2O3. The monoisotopic (exact) mass is 270 g/mol. The Balaban J connectivity index is 1.85. The number of hydrogen-bond acceptors (Lipinski definition) is 4. The Labute approximate surface area is 116 Å². The van der Waals surface area contributed by atoms with Gasteiger partial charge in [0.25, 0.3) is 0 Å². The Hall–Kier alpha value is -2.53. The maximum atomic E-state index is 10.9. The van der Waals surface area contributed by atoms with Gasteiger partial charge in [0.2, 0.25) is 0 Å². The molecule has 0 radical (unpaired) electrons. The quantitative estimate of drug-likeness (QED) is 0.816. The number of nitrogens with zero attached hydrogens (tertiary/aromatic N) is 2. The zero-order valence-electron chi connectivity index (χ0n) is 10.8. The lowest BCUT2D eigenvalue weighted by molar-refractivity contribution is 0.0688. The Morgan fingerprint density at radius 1 is 1.30 bits per heavy atom. The van der Waals surface area contributed by atoms with E-state index in [1.807, 2.05) is 42.5 Å². The van der Waals surface area contributed by atoms with Crippen LogP contribution in [0.2, 0.25) is 0 Å². The van der Waals surface area contributed by atoms with Crippen LogP contribution in [-0.4, -0.2) is 27.7 Å². The molecule has 0 unspecified atom stereocenters. The molecule has 0 fully saturated rings. The summed E-state index contributed by atoms with van der Waals surface area (Å²) in [5.41, 5.74) is 1.53. The van der Waals surface area contributed by atoms with E-state index < -0.39 is 5.97 Å². The van der Waals surface area contributed by atoms with Crippen molar-refractivity contribution in [1.82, 2.24) is 9.97 Å². The third-order valence-corrected chi connectivity index (χ3v) is 2.59. The van der Waals surface area contributed by atoms with Gasteiger partial charge in [-0.3, -0.25) is 0 Å². The van der Waals surface area contributed by atoms with Gasteiger partial charge in [0, 0.05) is 6.20 Å². The molecule has 5 heteroatoms. The molecular weight excluding hydrogens is 256 g/mol. The van der Waals surface area contributed by atoms with Crippen LogP contribution in [-0.2, 0) is 11.3 Å². The van der Waals surface area contributed by atoms with Gasteiger partial charge in [0.1, 0.15) is 11.9 Å². The zero-order valence-corrected chi connectivity index (χ0v) is 10.8. The lowest BCUT2D eigenvalue weighted by Crippen LogP contribution is -2.07. The molecule has 0 bridgehead atoms. The molecule has 0 spiro atoms.